The van der Waals surface area contributed by atoms with E-state index >= 15 is 0 Å². The second kappa shape index (κ2) is 16.5. The maximum absolute atomic E-state index is 10.2. The molecular formula is C15H30O6S. The van der Waals surface area contributed by atoms with Crippen molar-refractivity contribution in [1.82, 2.24) is 0 Å². The molecule has 0 heterocycles. The quantitative estimate of drug-likeness (QED) is 0.299. The molecule has 0 spiro atoms. The highest BCUT2D eigenvalue weighted by atomic mass is 32.3. The Morgan fingerprint density at radius 3 is 1.68 bits per heavy atom. The fourth-order valence-electron chi connectivity index (χ4n) is 1.75. The summed E-state index contributed by atoms with van der Waals surface area (Å²) in [4.78, 5) is 9.25. The Bertz CT molecular complexity index is 364. The predicted molar refractivity (Wildman–Crippen MR) is 87.2 cm³/mol. The van der Waals surface area contributed by atoms with Crippen LogP contribution in [0.5, 0.6) is 0 Å². The molecule has 2 N–H and O–H groups in total. The van der Waals surface area contributed by atoms with Crippen molar-refractivity contribution in [3.8, 4) is 0 Å². The molecule has 6 nitrogen and oxygen atoms in total. The summed E-state index contributed by atoms with van der Waals surface area (Å²) in [7, 11) is -4.23. The lowest BCUT2D eigenvalue weighted by Crippen LogP contribution is -2.04. The summed E-state index contributed by atoms with van der Waals surface area (Å²) in [5, 5.41) is 7.60. The van der Waals surface area contributed by atoms with E-state index in [4.69, 9.17) is 9.66 Å². The number of hydrogen-bond donors (Lipinski definition) is 2. The van der Waals surface area contributed by atoms with Gasteiger partial charge in [0.1, 0.15) is 0 Å². The number of carboxylic acids is 1. The van der Waals surface area contributed by atoms with Crippen molar-refractivity contribution in [3.63, 3.8) is 0 Å². The molecule has 22 heavy (non-hydrogen) atoms. The van der Waals surface area contributed by atoms with Gasteiger partial charge in [-0.3, -0.25) is 4.55 Å². The molecule has 0 aliphatic heterocycles. The molecule has 132 valence electrons. The molecule has 0 amide bonds. The largest absolute Gasteiger partial charge is 0.478 e. The third kappa shape index (κ3) is 27.4. The zero-order valence-corrected chi connectivity index (χ0v) is 14.3. The SMILES string of the molecule is C=CC(=O)O.CCCCCCCCCCCCOS(=O)(=O)O. The van der Waals surface area contributed by atoms with Crippen molar-refractivity contribution in [2.24, 2.45) is 0 Å². The van der Waals surface area contributed by atoms with Crippen molar-refractivity contribution in [2.75, 3.05) is 6.61 Å². The molecule has 0 atom stereocenters. The van der Waals surface area contributed by atoms with Gasteiger partial charge in [0.15, 0.2) is 0 Å². The molecule has 0 saturated carbocycles. The fourth-order valence-corrected chi connectivity index (χ4v) is 2.08. The number of unbranched alkanes of at least 4 members (excludes halogenated alkanes) is 9. The summed E-state index contributed by atoms with van der Waals surface area (Å²) >= 11 is 0. The molecular weight excluding hydrogens is 308 g/mol. The standard InChI is InChI=1S/C12H26O4S.C3H4O2/c1-2-3-4-5-6-7-8-9-10-11-12-16-17(13,14)15;1-2-3(4)5/h2-12H2,1H3,(H,13,14,15);2H,1H2,(H,4,5). The number of carboxylic acid groups (broad SMARTS) is 1. The average Bonchev–Trinajstić information content (AvgIpc) is 2.44. The van der Waals surface area contributed by atoms with E-state index in [2.05, 4.69) is 17.7 Å². The number of carbonyl (C=O) groups is 1. The van der Waals surface area contributed by atoms with E-state index in [-0.39, 0.29) is 6.61 Å². The average molecular weight is 338 g/mol. The van der Waals surface area contributed by atoms with Crippen molar-refractivity contribution in [1.29, 1.82) is 0 Å². The molecule has 0 saturated heterocycles. The molecule has 0 unspecified atom stereocenters. The van der Waals surface area contributed by atoms with Crippen molar-refractivity contribution in [3.05, 3.63) is 12.7 Å². The van der Waals surface area contributed by atoms with Crippen LogP contribution in [0.3, 0.4) is 0 Å². The second-order valence-electron chi connectivity index (χ2n) is 4.97. The van der Waals surface area contributed by atoms with Crippen LogP contribution < -0.4 is 0 Å². The van der Waals surface area contributed by atoms with Crippen LogP contribution in [-0.2, 0) is 19.4 Å². The van der Waals surface area contributed by atoms with E-state index in [0.717, 1.165) is 18.9 Å². The van der Waals surface area contributed by atoms with Crippen molar-refractivity contribution in [2.45, 2.75) is 71.1 Å². The molecule has 0 radical (unpaired) electrons. The topological polar surface area (TPSA) is 101 Å². The van der Waals surface area contributed by atoms with Crippen LogP contribution in [0, 0.1) is 0 Å². The zero-order chi connectivity index (χ0) is 17.3. The Morgan fingerprint density at radius 1 is 1.00 bits per heavy atom. The lowest BCUT2D eigenvalue weighted by Gasteiger charge is -2.02. The zero-order valence-electron chi connectivity index (χ0n) is 13.5. The molecule has 7 heteroatoms. The summed E-state index contributed by atoms with van der Waals surface area (Å²) < 4.78 is 33.0. The Morgan fingerprint density at radius 2 is 1.36 bits per heavy atom. The first-order chi connectivity index (χ1) is 10.3. The van der Waals surface area contributed by atoms with Gasteiger partial charge in [0.2, 0.25) is 0 Å². The molecule has 0 aromatic carbocycles. The van der Waals surface area contributed by atoms with Gasteiger partial charge in [-0.25, -0.2) is 8.98 Å². The Hall–Kier alpha value is -0.920. The monoisotopic (exact) mass is 338 g/mol. The molecule has 0 aromatic rings. The first kappa shape index (κ1) is 23.3. The number of hydrogen-bond acceptors (Lipinski definition) is 4. The fraction of sp³-hybridized carbons (Fsp3) is 0.800. The normalized spacial score (nSPS) is 10.6. The molecule has 0 fully saturated rings. The number of aliphatic carboxylic acids is 1. The number of rotatable bonds is 13. The van der Waals surface area contributed by atoms with Crippen LogP contribution in [0.4, 0.5) is 0 Å². The van der Waals surface area contributed by atoms with Gasteiger partial charge >= 0.3 is 16.4 Å². The van der Waals surface area contributed by atoms with Gasteiger partial charge in [-0.05, 0) is 6.42 Å². The second-order valence-corrected chi connectivity index (χ2v) is 6.07. The molecule has 0 aliphatic carbocycles. The van der Waals surface area contributed by atoms with Crippen LogP contribution in [-0.4, -0.2) is 30.7 Å². The summed E-state index contributed by atoms with van der Waals surface area (Å²) in [5.74, 6) is -0.981. The first-order valence-electron chi connectivity index (χ1n) is 7.80. The highest BCUT2D eigenvalue weighted by Crippen LogP contribution is 2.10. The molecule has 0 bridgehead atoms. The minimum absolute atomic E-state index is 0.0926. The van der Waals surface area contributed by atoms with Crippen LogP contribution in [0.15, 0.2) is 12.7 Å². The lowest BCUT2D eigenvalue weighted by molar-refractivity contribution is -0.131. The minimum Gasteiger partial charge on any atom is -0.478 e. The van der Waals surface area contributed by atoms with Gasteiger partial charge in [-0.1, -0.05) is 71.3 Å². The maximum atomic E-state index is 10.2. The lowest BCUT2D eigenvalue weighted by atomic mass is 10.1. The Labute approximate surface area is 134 Å². The summed E-state index contributed by atoms with van der Waals surface area (Å²) in [5.41, 5.74) is 0. The highest BCUT2D eigenvalue weighted by Gasteiger charge is 2.02. The van der Waals surface area contributed by atoms with Crippen LogP contribution in [0.1, 0.15) is 71.1 Å². The molecule has 0 aromatic heterocycles. The van der Waals surface area contributed by atoms with Gasteiger partial charge in [-0.15, -0.1) is 0 Å². The Kier molecular flexibility index (Phi) is 17.5. The smallest absolute Gasteiger partial charge is 0.397 e. The minimum atomic E-state index is -4.23. The van der Waals surface area contributed by atoms with Crippen LogP contribution >= 0.6 is 0 Å². The molecule has 0 rings (SSSR count). The van der Waals surface area contributed by atoms with Crippen molar-refractivity contribution < 1.29 is 27.1 Å². The van der Waals surface area contributed by atoms with Gasteiger partial charge in [0.05, 0.1) is 6.61 Å². The van der Waals surface area contributed by atoms with Gasteiger partial charge in [-0.2, -0.15) is 8.42 Å². The van der Waals surface area contributed by atoms with Crippen LogP contribution in [0.25, 0.3) is 0 Å². The summed E-state index contributed by atoms with van der Waals surface area (Å²) in [6.45, 7) is 5.27. The van der Waals surface area contributed by atoms with Crippen molar-refractivity contribution >= 4 is 16.4 Å². The van der Waals surface area contributed by atoms with E-state index in [1.54, 1.807) is 0 Å². The highest BCUT2D eigenvalue weighted by molar-refractivity contribution is 7.80. The third-order valence-electron chi connectivity index (χ3n) is 2.90. The van der Waals surface area contributed by atoms with E-state index < -0.39 is 16.4 Å². The summed E-state index contributed by atoms with van der Waals surface area (Å²) in [6.07, 6.45) is 12.7. The van der Waals surface area contributed by atoms with E-state index in [1.165, 1.54) is 44.9 Å². The first-order valence-corrected chi connectivity index (χ1v) is 9.17. The van der Waals surface area contributed by atoms with Gasteiger partial charge < -0.3 is 5.11 Å². The third-order valence-corrected chi connectivity index (χ3v) is 3.37. The Balaban J connectivity index is 0. The summed E-state index contributed by atoms with van der Waals surface area (Å²) in [6, 6.07) is 0. The van der Waals surface area contributed by atoms with Crippen LogP contribution in [0.2, 0.25) is 0 Å². The van der Waals surface area contributed by atoms with E-state index in [9.17, 15) is 13.2 Å². The maximum Gasteiger partial charge on any atom is 0.397 e. The van der Waals surface area contributed by atoms with Gasteiger partial charge in [0.25, 0.3) is 0 Å². The predicted octanol–water partition coefficient (Wildman–Crippen LogP) is 3.98. The molecule has 0 aliphatic rings. The van der Waals surface area contributed by atoms with Gasteiger partial charge in [0, 0.05) is 6.08 Å². The van der Waals surface area contributed by atoms with E-state index in [1.807, 2.05) is 0 Å². The van der Waals surface area contributed by atoms with E-state index in [0.29, 0.717) is 6.42 Å².